The Labute approximate surface area is 206 Å². The van der Waals surface area contributed by atoms with Gasteiger partial charge >= 0.3 is 0 Å². The molecule has 2 aromatic carbocycles. The van der Waals surface area contributed by atoms with E-state index in [0.717, 1.165) is 23.8 Å². The van der Waals surface area contributed by atoms with Gasteiger partial charge in [-0.25, -0.2) is 0 Å². The number of benzene rings is 2. The minimum Gasteiger partial charge on any atom is -0.385 e. The zero-order valence-electron chi connectivity index (χ0n) is 19.9. The maximum atomic E-state index is 5.82. The maximum Gasteiger partial charge on any atom is 0.170 e. The van der Waals surface area contributed by atoms with Crippen molar-refractivity contribution < 1.29 is 4.74 Å². The Balaban J connectivity index is 1.63. The number of aryl methyl sites for hydroxylation is 1. The average molecular weight is 471 g/mol. The third kappa shape index (κ3) is 3.97. The van der Waals surface area contributed by atoms with E-state index in [1.807, 2.05) is 18.3 Å². The third-order valence-electron chi connectivity index (χ3n) is 6.74. The van der Waals surface area contributed by atoms with Gasteiger partial charge in [0.1, 0.15) is 0 Å². The SMILES string of the molecule is COCCCN1C(=S)NC(c2ccccn2)C1c1cc(C)n(-c2cccc3ccccc23)c1C. The predicted molar refractivity (Wildman–Crippen MR) is 141 cm³/mol. The zero-order valence-corrected chi connectivity index (χ0v) is 20.7. The van der Waals surface area contributed by atoms with E-state index in [9.17, 15) is 0 Å². The second kappa shape index (κ2) is 9.57. The van der Waals surface area contributed by atoms with Gasteiger partial charge in [-0.05, 0) is 67.7 Å². The minimum absolute atomic E-state index is 0.0160. The fourth-order valence-corrected chi connectivity index (χ4v) is 5.56. The van der Waals surface area contributed by atoms with E-state index in [2.05, 4.69) is 88.2 Å². The first-order chi connectivity index (χ1) is 16.6. The van der Waals surface area contributed by atoms with Crippen molar-refractivity contribution in [3.05, 3.63) is 95.6 Å². The fraction of sp³-hybridized carbons (Fsp3) is 0.286. The Bertz CT molecular complexity index is 1310. The van der Waals surface area contributed by atoms with E-state index in [-0.39, 0.29) is 12.1 Å². The van der Waals surface area contributed by atoms with Crippen LogP contribution in [0.3, 0.4) is 0 Å². The first-order valence-corrected chi connectivity index (χ1v) is 12.1. The molecule has 1 aliphatic heterocycles. The van der Waals surface area contributed by atoms with Crippen molar-refractivity contribution in [2.75, 3.05) is 20.3 Å². The molecule has 2 atom stereocenters. The second-order valence-corrected chi connectivity index (χ2v) is 9.21. The van der Waals surface area contributed by atoms with Crippen LogP contribution in [0.1, 0.15) is 41.1 Å². The molecule has 4 aromatic rings. The molecule has 0 bridgehead atoms. The van der Waals surface area contributed by atoms with Crippen LogP contribution in [0.25, 0.3) is 16.5 Å². The van der Waals surface area contributed by atoms with E-state index in [1.165, 1.54) is 33.4 Å². The number of rotatable bonds is 7. The van der Waals surface area contributed by atoms with E-state index < -0.39 is 0 Å². The van der Waals surface area contributed by atoms with Gasteiger partial charge in [0.25, 0.3) is 0 Å². The zero-order chi connectivity index (χ0) is 23.7. The number of hydrogen-bond acceptors (Lipinski definition) is 3. The standard InChI is InChI=1S/C28H30N4OS/c1-19-18-23(20(2)32(19)25-14-8-11-21-10-4-5-12-22(21)25)27-26(24-13-6-7-15-29-24)30-28(34)31(27)16-9-17-33-3/h4-8,10-15,18,26-27H,9,16-17H2,1-3H3,(H,30,34). The van der Waals surface area contributed by atoms with Crippen molar-refractivity contribution in [3.8, 4) is 5.69 Å². The van der Waals surface area contributed by atoms with Crippen LogP contribution in [0, 0.1) is 13.8 Å². The van der Waals surface area contributed by atoms with Crippen molar-refractivity contribution in [3.63, 3.8) is 0 Å². The van der Waals surface area contributed by atoms with Crippen molar-refractivity contribution in [2.45, 2.75) is 32.4 Å². The van der Waals surface area contributed by atoms with Crippen molar-refractivity contribution in [2.24, 2.45) is 0 Å². The Morgan fingerprint density at radius 1 is 1.03 bits per heavy atom. The molecule has 0 amide bonds. The van der Waals surface area contributed by atoms with Crippen LogP contribution in [0.15, 0.2) is 72.9 Å². The molecule has 3 heterocycles. The Morgan fingerprint density at radius 3 is 2.62 bits per heavy atom. The van der Waals surface area contributed by atoms with E-state index in [4.69, 9.17) is 17.0 Å². The van der Waals surface area contributed by atoms with E-state index in [1.54, 1.807) is 7.11 Å². The smallest absolute Gasteiger partial charge is 0.170 e. The molecule has 174 valence electrons. The summed E-state index contributed by atoms with van der Waals surface area (Å²) in [4.78, 5) is 6.99. The molecular formula is C28H30N4OS. The predicted octanol–water partition coefficient (Wildman–Crippen LogP) is 5.65. The molecule has 5 nitrogen and oxygen atoms in total. The highest BCUT2D eigenvalue weighted by Crippen LogP contribution is 2.41. The normalized spacial score (nSPS) is 18.0. The molecule has 5 rings (SSSR count). The Kier molecular flexibility index (Phi) is 6.35. The molecular weight excluding hydrogens is 440 g/mol. The first kappa shape index (κ1) is 22.6. The number of fused-ring (bicyclic) bond motifs is 1. The summed E-state index contributed by atoms with van der Waals surface area (Å²) in [5.74, 6) is 0. The highest BCUT2D eigenvalue weighted by Gasteiger charge is 2.41. The maximum absolute atomic E-state index is 5.82. The van der Waals surface area contributed by atoms with Crippen LogP contribution >= 0.6 is 12.2 Å². The molecule has 1 N–H and O–H groups in total. The molecule has 1 fully saturated rings. The number of methoxy groups -OCH3 is 1. The van der Waals surface area contributed by atoms with Crippen molar-refractivity contribution in [1.29, 1.82) is 0 Å². The number of thiocarbonyl (C=S) groups is 1. The van der Waals surface area contributed by atoms with Crippen LogP contribution in [-0.2, 0) is 4.74 Å². The summed E-state index contributed by atoms with van der Waals surface area (Å²) in [6, 6.07) is 23.5. The Morgan fingerprint density at radius 2 is 1.82 bits per heavy atom. The molecule has 2 aromatic heterocycles. The molecule has 0 aliphatic carbocycles. The number of pyridine rings is 1. The van der Waals surface area contributed by atoms with Crippen molar-refractivity contribution in [1.82, 2.24) is 19.8 Å². The fourth-order valence-electron chi connectivity index (χ4n) is 5.23. The van der Waals surface area contributed by atoms with Gasteiger partial charge in [-0.15, -0.1) is 0 Å². The van der Waals surface area contributed by atoms with Gasteiger partial charge < -0.3 is 19.5 Å². The van der Waals surface area contributed by atoms with E-state index in [0.29, 0.717) is 6.61 Å². The molecule has 6 heteroatoms. The quantitative estimate of drug-likeness (QED) is 0.279. The Hall–Kier alpha value is -3.22. The third-order valence-corrected chi connectivity index (χ3v) is 7.09. The topological polar surface area (TPSA) is 42.3 Å². The number of ether oxygens (including phenoxy) is 1. The molecule has 1 aliphatic rings. The number of nitrogens with zero attached hydrogens (tertiary/aromatic N) is 3. The summed E-state index contributed by atoms with van der Waals surface area (Å²) in [5, 5.41) is 6.82. The van der Waals surface area contributed by atoms with Gasteiger partial charge in [0.15, 0.2) is 5.11 Å². The van der Waals surface area contributed by atoms with Crippen LogP contribution in [0.2, 0.25) is 0 Å². The van der Waals surface area contributed by atoms with Gasteiger partial charge in [0.2, 0.25) is 0 Å². The number of hydrogen-bond donors (Lipinski definition) is 1. The number of nitrogens with one attached hydrogen (secondary N) is 1. The molecule has 0 spiro atoms. The average Bonchev–Trinajstić information content (AvgIpc) is 3.34. The lowest BCUT2D eigenvalue weighted by molar-refractivity contribution is 0.180. The van der Waals surface area contributed by atoms with Crippen LogP contribution in [0.5, 0.6) is 0 Å². The lowest BCUT2D eigenvalue weighted by Crippen LogP contribution is -2.31. The van der Waals surface area contributed by atoms with Gasteiger partial charge in [-0.3, -0.25) is 4.98 Å². The van der Waals surface area contributed by atoms with Crippen LogP contribution in [-0.4, -0.2) is 39.8 Å². The summed E-state index contributed by atoms with van der Waals surface area (Å²) in [7, 11) is 1.74. The number of aromatic nitrogens is 2. The lowest BCUT2D eigenvalue weighted by Gasteiger charge is -2.28. The first-order valence-electron chi connectivity index (χ1n) is 11.7. The van der Waals surface area contributed by atoms with Crippen LogP contribution < -0.4 is 5.32 Å². The van der Waals surface area contributed by atoms with E-state index >= 15 is 0 Å². The molecule has 0 radical (unpaired) electrons. The van der Waals surface area contributed by atoms with Gasteiger partial charge in [-0.1, -0.05) is 42.5 Å². The molecule has 34 heavy (non-hydrogen) atoms. The summed E-state index contributed by atoms with van der Waals surface area (Å²) in [6.07, 6.45) is 2.76. The summed E-state index contributed by atoms with van der Waals surface area (Å²) >= 11 is 5.82. The monoisotopic (exact) mass is 470 g/mol. The molecule has 0 saturated carbocycles. The molecule has 2 unspecified atom stereocenters. The van der Waals surface area contributed by atoms with Gasteiger partial charge in [0.05, 0.1) is 23.5 Å². The van der Waals surface area contributed by atoms with Crippen molar-refractivity contribution >= 4 is 28.1 Å². The largest absolute Gasteiger partial charge is 0.385 e. The molecule has 1 saturated heterocycles. The highest BCUT2D eigenvalue weighted by atomic mass is 32.1. The van der Waals surface area contributed by atoms with Crippen LogP contribution in [0.4, 0.5) is 0 Å². The lowest BCUT2D eigenvalue weighted by atomic mass is 9.96. The second-order valence-electron chi connectivity index (χ2n) is 8.83. The summed E-state index contributed by atoms with van der Waals surface area (Å²) in [6.45, 7) is 5.93. The minimum atomic E-state index is -0.0160. The highest BCUT2D eigenvalue weighted by molar-refractivity contribution is 7.80. The summed E-state index contributed by atoms with van der Waals surface area (Å²) in [5.41, 5.74) is 5.90. The van der Waals surface area contributed by atoms with Gasteiger partial charge in [0, 0.05) is 43.2 Å². The van der Waals surface area contributed by atoms with Gasteiger partial charge in [-0.2, -0.15) is 0 Å². The summed E-state index contributed by atoms with van der Waals surface area (Å²) < 4.78 is 7.71.